The summed E-state index contributed by atoms with van der Waals surface area (Å²) >= 11 is 0.186. The van der Waals surface area contributed by atoms with Crippen LogP contribution in [-0.2, 0) is 29.2 Å². The minimum atomic E-state index is -4.76. The van der Waals surface area contributed by atoms with E-state index in [0.717, 1.165) is 51.4 Å². The van der Waals surface area contributed by atoms with Gasteiger partial charge in [-0.1, -0.05) is 103 Å². The van der Waals surface area contributed by atoms with Crippen molar-refractivity contribution in [2.45, 2.75) is 116 Å². The number of carbonyl (C=O) groups is 2. The standard InChI is InChI=1S/C20H38O7S.C5H5.C3H7.Al.Na.2H/c1-5-9-11-16(7-3)14-26-19(21)13-18(28(23,24)25)20(22)27-15-17(8-4)12-10-6-2;1-2-4-5-3-1;1-3-2;;;;/h16-18H,5-15H2,1-4H3,(H,23,24,25);1-3H,4H2;1,3H2,2H3;;;;. The summed E-state index contributed by atoms with van der Waals surface area (Å²) in [6.07, 6.45) is 16.2. The van der Waals surface area contributed by atoms with Crippen molar-refractivity contribution in [2.75, 3.05) is 13.2 Å². The minimum absolute atomic E-state index is 0. The molecule has 0 fully saturated rings. The topological polar surface area (TPSA) is 107 Å². The van der Waals surface area contributed by atoms with Crippen molar-refractivity contribution in [2.24, 2.45) is 11.8 Å². The molecule has 216 valence electrons. The van der Waals surface area contributed by atoms with Gasteiger partial charge in [0.05, 0.1) is 19.6 Å². The zero-order chi connectivity index (χ0) is 28.1. The van der Waals surface area contributed by atoms with Crippen molar-refractivity contribution >= 4 is 66.8 Å². The quantitative estimate of drug-likeness (QED) is 0.120. The second-order valence-corrected chi connectivity index (χ2v) is 13.6. The van der Waals surface area contributed by atoms with Crippen LogP contribution in [0.25, 0.3) is 0 Å². The van der Waals surface area contributed by atoms with Crippen LogP contribution in [0.5, 0.6) is 0 Å². The fourth-order valence-corrected chi connectivity index (χ4v) is 6.04. The molecule has 1 N–H and O–H groups in total. The van der Waals surface area contributed by atoms with E-state index >= 15 is 0 Å². The SMILES string of the molecule is CCCCC(CC)COC(=O)CC(C(=O)OCC(CC)CCCC)S(=O)(=O)O.CC[CH2][AlH][C]1=CC=CC1.[NaH]. The van der Waals surface area contributed by atoms with Crippen LogP contribution in [0.1, 0.15) is 105 Å². The number of unbranched alkanes of at least 4 members (excludes halogenated alkanes) is 2. The molecule has 0 radical (unpaired) electrons. The maximum atomic E-state index is 12.2. The van der Waals surface area contributed by atoms with Crippen molar-refractivity contribution in [1.29, 1.82) is 0 Å². The molecule has 0 heterocycles. The number of carbonyl (C=O) groups excluding carboxylic acids is 2. The van der Waals surface area contributed by atoms with Gasteiger partial charge < -0.3 is 9.47 Å². The first kappa shape index (κ1) is 40.0. The van der Waals surface area contributed by atoms with E-state index in [9.17, 15) is 22.6 Å². The van der Waals surface area contributed by atoms with Gasteiger partial charge in [-0.05, 0) is 31.1 Å². The van der Waals surface area contributed by atoms with Gasteiger partial charge in [0.25, 0.3) is 25.3 Å². The molecule has 7 nitrogen and oxygen atoms in total. The van der Waals surface area contributed by atoms with Crippen LogP contribution in [0, 0.1) is 11.8 Å². The third kappa shape index (κ3) is 19.8. The first-order chi connectivity index (χ1) is 17.6. The Morgan fingerprint density at radius 2 is 1.50 bits per heavy atom. The van der Waals surface area contributed by atoms with E-state index in [1.165, 1.54) is 18.1 Å². The fourth-order valence-electron chi connectivity index (χ4n) is 3.90. The van der Waals surface area contributed by atoms with Crippen molar-refractivity contribution in [3.05, 3.63) is 22.7 Å². The zero-order valence-corrected chi connectivity index (χ0v) is 26.1. The molecule has 0 aromatic carbocycles. The average molecular weight is 583 g/mol. The van der Waals surface area contributed by atoms with Gasteiger partial charge in [-0.3, -0.25) is 14.1 Å². The third-order valence-corrected chi connectivity index (χ3v) is 10.0. The van der Waals surface area contributed by atoms with E-state index in [2.05, 4.69) is 39.0 Å². The molecular formula is C28H52AlNaO7S. The van der Waals surface area contributed by atoms with E-state index in [-0.39, 0.29) is 69.8 Å². The molecular weight excluding hydrogens is 530 g/mol. The molecule has 3 atom stereocenters. The summed E-state index contributed by atoms with van der Waals surface area (Å²) in [5, 5.41) is -0.451. The molecule has 0 aromatic rings. The molecule has 0 saturated carbocycles. The van der Waals surface area contributed by atoms with Gasteiger partial charge in [0.15, 0.2) is 5.25 Å². The summed E-state index contributed by atoms with van der Waals surface area (Å²) in [5.74, 6) is -1.61. The zero-order valence-electron chi connectivity index (χ0n) is 23.9. The molecule has 0 saturated heterocycles. The summed E-state index contributed by atoms with van der Waals surface area (Å²) in [6.45, 7) is 10.6. The first-order valence-corrected chi connectivity index (χ1v) is 17.5. The van der Waals surface area contributed by atoms with Gasteiger partial charge in [0.2, 0.25) is 0 Å². The number of allylic oxidation sites excluding steroid dienone is 4. The summed E-state index contributed by atoms with van der Waals surface area (Å²) in [6, 6.07) is 0. The molecule has 10 heteroatoms. The van der Waals surface area contributed by atoms with Gasteiger partial charge in [0.1, 0.15) is 0 Å². The number of esters is 2. The molecule has 0 bridgehead atoms. The summed E-state index contributed by atoms with van der Waals surface area (Å²) in [7, 11) is -4.76. The van der Waals surface area contributed by atoms with Crippen LogP contribution in [-0.4, -0.2) is 88.1 Å². The van der Waals surface area contributed by atoms with E-state index in [1.807, 2.05) is 13.8 Å². The van der Waals surface area contributed by atoms with Crippen LogP contribution < -0.4 is 0 Å². The Kier molecular flexibility index (Phi) is 25.9. The Morgan fingerprint density at radius 3 is 1.92 bits per heavy atom. The Morgan fingerprint density at radius 1 is 0.947 bits per heavy atom. The van der Waals surface area contributed by atoms with E-state index in [4.69, 9.17) is 9.47 Å². The van der Waals surface area contributed by atoms with Crippen LogP contribution >= 0.6 is 0 Å². The van der Waals surface area contributed by atoms with Crippen LogP contribution in [0.15, 0.2) is 22.7 Å². The molecule has 0 aromatic heterocycles. The summed E-state index contributed by atoms with van der Waals surface area (Å²) in [5.41, 5.74) is 0. The van der Waals surface area contributed by atoms with Gasteiger partial charge in [0, 0.05) is 0 Å². The maximum absolute atomic E-state index is 12.2. The monoisotopic (exact) mass is 582 g/mol. The molecule has 1 aliphatic rings. The van der Waals surface area contributed by atoms with Gasteiger partial charge in [-0.25, -0.2) is 0 Å². The average Bonchev–Trinajstić information content (AvgIpc) is 3.39. The summed E-state index contributed by atoms with van der Waals surface area (Å²) in [4.78, 5) is 24.2. The number of rotatable bonds is 19. The molecule has 1 aliphatic carbocycles. The van der Waals surface area contributed by atoms with E-state index in [1.54, 1.807) is 4.44 Å². The van der Waals surface area contributed by atoms with E-state index < -0.39 is 33.7 Å². The number of hydrogen-bond donors (Lipinski definition) is 1. The van der Waals surface area contributed by atoms with Crippen LogP contribution in [0.2, 0.25) is 5.28 Å². The third-order valence-electron chi connectivity index (χ3n) is 6.70. The van der Waals surface area contributed by atoms with Crippen molar-refractivity contribution < 1.29 is 32.0 Å². The molecule has 1 rings (SSSR count). The predicted molar refractivity (Wildman–Crippen MR) is 160 cm³/mol. The molecule has 38 heavy (non-hydrogen) atoms. The van der Waals surface area contributed by atoms with Crippen LogP contribution in [0.4, 0.5) is 0 Å². The van der Waals surface area contributed by atoms with E-state index in [0.29, 0.717) is 0 Å². The fraction of sp³-hybridized carbons (Fsp3) is 0.786. The first-order valence-electron chi connectivity index (χ1n) is 14.3. The van der Waals surface area contributed by atoms with Crippen LogP contribution in [0.3, 0.4) is 0 Å². The summed E-state index contributed by atoms with van der Waals surface area (Å²) < 4.78 is 44.5. The normalized spacial score (nSPS) is 14.7. The predicted octanol–water partition coefficient (Wildman–Crippen LogP) is 5.60. The van der Waals surface area contributed by atoms with Crippen molar-refractivity contribution in [3.8, 4) is 0 Å². The Balaban J connectivity index is 0. The van der Waals surface area contributed by atoms with Gasteiger partial charge in [-0.2, -0.15) is 8.42 Å². The Bertz CT molecular complexity index is 799. The second-order valence-electron chi connectivity index (χ2n) is 9.91. The second kappa shape index (κ2) is 24.6. The molecule has 3 unspecified atom stereocenters. The Labute approximate surface area is 260 Å². The van der Waals surface area contributed by atoms with Crippen molar-refractivity contribution in [3.63, 3.8) is 0 Å². The number of ether oxygens (including phenoxy) is 2. The molecule has 0 aliphatic heterocycles. The molecule has 0 spiro atoms. The Hall–Kier alpha value is -0.138. The number of hydrogen-bond acceptors (Lipinski definition) is 6. The molecule has 0 amide bonds. The van der Waals surface area contributed by atoms with Crippen molar-refractivity contribution in [1.82, 2.24) is 0 Å². The van der Waals surface area contributed by atoms with Gasteiger partial charge >= 0.3 is 41.5 Å². The van der Waals surface area contributed by atoms with Gasteiger partial charge in [-0.15, -0.1) is 4.44 Å².